The Kier molecular flexibility index (Phi) is 2.97. The Morgan fingerprint density at radius 2 is 1.90 bits per heavy atom. The first kappa shape index (κ1) is 13.3. The number of hydrogen-bond donors (Lipinski definition) is 2. The maximum absolute atomic E-state index is 12.0. The van der Waals surface area contributed by atoms with Crippen LogP contribution in [0.4, 0.5) is 5.69 Å². The largest absolute Gasteiger partial charge is 0.481 e. The van der Waals surface area contributed by atoms with Gasteiger partial charge in [-0.05, 0) is 24.6 Å². The molecule has 1 fully saturated rings. The molecule has 2 aliphatic rings. The van der Waals surface area contributed by atoms with Crippen molar-refractivity contribution in [3.05, 3.63) is 29.3 Å². The second-order valence-corrected chi connectivity index (χ2v) is 5.09. The van der Waals surface area contributed by atoms with Crippen molar-refractivity contribution in [2.24, 2.45) is 5.92 Å². The highest BCUT2D eigenvalue weighted by molar-refractivity contribution is 6.22. The molecule has 2 heterocycles. The molecule has 108 valence electrons. The van der Waals surface area contributed by atoms with Crippen LogP contribution in [0.1, 0.15) is 33.6 Å². The van der Waals surface area contributed by atoms with Gasteiger partial charge in [0.2, 0.25) is 5.91 Å². The zero-order valence-electron chi connectivity index (χ0n) is 11.0. The number of amides is 3. The number of benzene rings is 1. The lowest BCUT2D eigenvalue weighted by molar-refractivity contribution is -0.142. The Morgan fingerprint density at radius 3 is 2.62 bits per heavy atom. The highest BCUT2D eigenvalue weighted by atomic mass is 16.4. The van der Waals surface area contributed by atoms with E-state index in [-0.39, 0.29) is 30.0 Å². The third kappa shape index (κ3) is 2.16. The molecule has 1 aromatic carbocycles. The molecule has 7 nitrogen and oxygen atoms in total. The number of carbonyl (C=O) groups excluding carboxylic acids is 3. The summed E-state index contributed by atoms with van der Waals surface area (Å²) in [6, 6.07) is 4.49. The van der Waals surface area contributed by atoms with Crippen molar-refractivity contribution in [3.8, 4) is 0 Å². The summed E-state index contributed by atoms with van der Waals surface area (Å²) in [5, 5.41) is 11.2. The second-order valence-electron chi connectivity index (χ2n) is 5.09. The minimum Gasteiger partial charge on any atom is -0.481 e. The first-order valence-corrected chi connectivity index (χ1v) is 6.50. The van der Waals surface area contributed by atoms with Crippen LogP contribution < -0.4 is 10.2 Å². The van der Waals surface area contributed by atoms with Crippen LogP contribution in [0.2, 0.25) is 0 Å². The smallest absolute Gasteiger partial charge is 0.308 e. The van der Waals surface area contributed by atoms with E-state index >= 15 is 0 Å². The summed E-state index contributed by atoms with van der Waals surface area (Å²) in [5.74, 6) is -2.71. The number of anilines is 1. The molecule has 1 aromatic rings. The van der Waals surface area contributed by atoms with Gasteiger partial charge in [0, 0.05) is 18.7 Å². The summed E-state index contributed by atoms with van der Waals surface area (Å²) in [6.45, 7) is 0.0719. The van der Waals surface area contributed by atoms with Gasteiger partial charge in [-0.2, -0.15) is 0 Å². The fourth-order valence-corrected chi connectivity index (χ4v) is 2.62. The number of nitrogens with zero attached hydrogens (tertiary/aromatic N) is 1. The third-order valence-electron chi connectivity index (χ3n) is 3.79. The molecular weight excluding hydrogens is 276 g/mol. The lowest BCUT2D eigenvalue weighted by atomic mass is 9.96. The van der Waals surface area contributed by atoms with E-state index < -0.39 is 23.7 Å². The number of nitrogens with one attached hydrogen (secondary N) is 1. The molecule has 0 aliphatic carbocycles. The van der Waals surface area contributed by atoms with E-state index in [1.54, 1.807) is 6.07 Å². The molecule has 7 heteroatoms. The number of rotatable bonds is 2. The predicted molar refractivity (Wildman–Crippen MR) is 71.0 cm³/mol. The standard InChI is InChI=1S/C14H12N2O5/c17-11-4-1-7(14(20)21)6-16(11)8-2-3-9-10(5-8)13(19)15-12(9)18/h2-3,5,7H,1,4,6H2,(H,20,21)(H,15,18,19). The summed E-state index contributed by atoms with van der Waals surface area (Å²) in [4.78, 5) is 47.5. The molecular formula is C14H12N2O5. The van der Waals surface area contributed by atoms with Crippen LogP contribution in [-0.4, -0.2) is 35.3 Å². The topological polar surface area (TPSA) is 104 Å². The number of carbonyl (C=O) groups is 4. The van der Waals surface area contributed by atoms with Crippen LogP contribution in [0, 0.1) is 5.92 Å². The van der Waals surface area contributed by atoms with Crippen molar-refractivity contribution in [2.75, 3.05) is 11.4 Å². The van der Waals surface area contributed by atoms with E-state index in [1.807, 2.05) is 0 Å². The van der Waals surface area contributed by atoms with Crippen molar-refractivity contribution >= 4 is 29.4 Å². The minimum atomic E-state index is -0.943. The van der Waals surface area contributed by atoms with Crippen LogP contribution in [0.25, 0.3) is 0 Å². The van der Waals surface area contributed by atoms with Crippen molar-refractivity contribution in [1.82, 2.24) is 5.32 Å². The van der Waals surface area contributed by atoms with Gasteiger partial charge in [0.25, 0.3) is 11.8 Å². The van der Waals surface area contributed by atoms with Crippen molar-refractivity contribution < 1.29 is 24.3 Å². The molecule has 1 atom stereocenters. The number of piperidine rings is 1. The fraction of sp³-hybridized carbons (Fsp3) is 0.286. The quantitative estimate of drug-likeness (QED) is 0.766. The van der Waals surface area contributed by atoms with Gasteiger partial charge in [0.15, 0.2) is 0 Å². The van der Waals surface area contributed by atoms with E-state index in [4.69, 9.17) is 5.11 Å². The number of carboxylic acid groups (broad SMARTS) is 1. The van der Waals surface area contributed by atoms with Gasteiger partial charge in [-0.3, -0.25) is 24.5 Å². The fourth-order valence-electron chi connectivity index (χ4n) is 2.62. The first-order valence-electron chi connectivity index (χ1n) is 6.50. The van der Waals surface area contributed by atoms with Gasteiger partial charge in [-0.15, -0.1) is 0 Å². The van der Waals surface area contributed by atoms with E-state index in [0.29, 0.717) is 12.1 Å². The molecule has 0 radical (unpaired) electrons. The molecule has 0 bridgehead atoms. The molecule has 0 saturated carbocycles. The van der Waals surface area contributed by atoms with E-state index in [1.165, 1.54) is 17.0 Å². The summed E-state index contributed by atoms with van der Waals surface area (Å²) in [7, 11) is 0. The van der Waals surface area contributed by atoms with Gasteiger partial charge in [-0.25, -0.2) is 0 Å². The maximum atomic E-state index is 12.0. The Hall–Kier alpha value is -2.70. The highest BCUT2D eigenvalue weighted by Crippen LogP contribution is 2.28. The first-order chi connectivity index (χ1) is 9.97. The van der Waals surface area contributed by atoms with Gasteiger partial charge in [-0.1, -0.05) is 0 Å². The lowest BCUT2D eigenvalue weighted by Crippen LogP contribution is -2.42. The molecule has 2 N–H and O–H groups in total. The van der Waals surface area contributed by atoms with Gasteiger partial charge in [0.1, 0.15) is 0 Å². The molecule has 1 unspecified atom stereocenters. The SMILES string of the molecule is O=C1NC(=O)c2cc(N3CC(C(=O)O)CCC3=O)ccc21. The second kappa shape index (κ2) is 4.69. The van der Waals surface area contributed by atoms with Crippen molar-refractivity contribution in [1.29, 1.82) is 0 Å². The molecule has 0 aromatic heterocycles. The van der Waals surface area contributed by atoms with Crippen molar-refractivity contribution in [2.45, 2.75) is 12.8 Å². The summed E-state index contributed by atoms with van der Waals surface area (Å²) in [6.07, 6.45) is 0.466. The summed E-state index contributed by atoms with van der Waals surface area (Å²) >= 11 is 0. The number of carboxylic acids is 1. The normalized spacial score (nSPS) is 21.2. The molecule has 0 spiro atoms. The third-order valence-corrected chi connectivity index (χ3v) is 3.79. The van der Waals surface area contributed by atoms with E-state index in [0.717, 1.165) is 0 Å². The van der Waals surface area contributed by atoms with Crippen LogP contribution in [0.5, 0.6) is 0 Å². The summed E-state index contributed by atoms with van der Waals surface area (Å²) in [5.41, 5.74) is 0.917. The lowest BCUT2D eigenvalue weighted by Gasteiger charge is -2.30. The van der Waals surface area contributed by atoms with Gasteiger partial charge < -0.3 is 10.0 Å². The molecule has 1 saturated heterocycles. The average Bonchev–Trinajstić information content (AvgIpc) is 2.74. The monoisotopic (exact) mass is 288 g/mol. The molecule has 21 heavy (non-hydrogen) atoms. The molecule has 2 aliphatic heterocycles. The summed E-state index contributed by atoms with van der Waals surface area (Å²) < 4.78 is 0. The predicted octanol–water partition coefficient (Wildman–Crippen LogP) is 0.398. The van der Waals surface area contributed by atoms with Crippen LogP contribution in [0.15, 0.2) is 18.2 Å². The van der Waals surface area contributed by atoms with Crippen molar-refractivity contribution in [3.63, 3.8) is 0 Å². The van der Waals surface area contributed by atoms with Crippen LogP contribution in [0.3, 0.4) is 0 Å². The van der Waals surface area contributed by atoms with Gasteiger partial charge in [0.05, 0.1) is 17.0 Å². The minimum absolute atomic E-state index is 0.0719. The average molecular weight is 288 g/mol. The molecule has 3 rings (SSSR count). The Bertz CT molecular complexity index is 682. The van der Waals surface area contributed by atoms with E-state index in [2.05, 4.69) is 5.32 Å². The van der Waals surface area contributed by atoms with Gasteiger partial charge >= 0.3 is 5.97 Å². The highest BCUT2D eigenvalue weighted by Gasteiger charge is 2.33. The molecule has 3 amide bonds. The number of fused-ring (bicyclic) bond motifs is 1. The van der Waals surface area contributed by atoms with Crippen LogP contribution >= 0.6 is 0 Å². The maximum Gasteiger partial charge on any atom is 0.308 e. The van der Waals surface area contributed by atoms with Crippen LogP contribution in [-0.2, 0) is 9.59 Å². The Morgan fingerprint density at radius 1 is 1.19 bits per heavy atom. The zero-order valence-corrected chi connectivity index (χ0v) is 11.0. The zero-order chi connectivity index (χ0) is 15.1. The number of aliphatic carboxylic acids is 1. The number of imide groups is 1. The number of hydrogen-bond acceptors (Lipinski definition) is 4. The van der Waals surface area contributed by atoms with E-state index in [9.17, 15) is 19.2 Å². The Labute approximate surface area is 119 Å². The Balaban J connectivity index is 1.95.